The maximum atomic E-state index is 12.6. The summed E-state index contributed by atoms with van der Waals surface area (Å²) in [5, 5.41) is 0.538. The lowest BCUT2D eigenvalue weighted by molar-refractivity contribution is -0.139. The fourth-order valence-electron chi connectivity index (χ4n) is 3.39. The molecule has 0 heterocycles. The van der Waals surface area contributed by atoms with Gasteiger partial charge in [-0.2, -0.15) is 0 Å². The van der Waals surface area contributed by atoms with Crippen LogP contribution in [0.4, 0.5) is 0 Å². The molecule has 2 rings (SSSR count). The van der Waals surface area contributed by atoms with Crippen molar-refractivity contribution in [3.63, 3.8) is 0 Å². The Balaban J connectivity index is 1.70. The summed E-state index contributed by atoms with van der Waals surface area (Å²) in [6.07, 6.45) is 8.93. The summed E-state index contributed by atoms with van der Waals surface area (Å²) in [7, 11) is 0. The number of rotatable bonds is 17. The van der Waals surface area contributed by atoms with Crippen LogP contribution in [0.5, 0.6) is 5.75 Å². The predicted molar refractivity (Wildman–Crippen MR) is 150 cm³/mol. The molecular formula is C31H35ClO6. The molecule has 0 atom stereocenters. The van der Waals surface area contributed by atoms with E-state index in [-0.39, 0.29) is 18.4 Å². The van der Waals surface area contributed by atoms with E-state index in [9.17, 15) is 14.4 Å². The van der Waals surface area contributed by atoms with Crippen molar-refractivity contribution < 1.29 is 28.6 Å². The van der Waals surface area contributed by atoms with Gasteiger partial charge in [0.05, 0.1) is 13.2 Å². The molecule has 0 spiro atoms. The van der Waals surface area contributed by atoms with Gasteiger partial charge in [0.2, 0.25) is 0 Å². The Morgan fingerprint density at radius 2 is 1.66 bits per heavy atom. The highest BCUT2D eigenvalue weighted by Crippen LogP contribution is 2.22. The third kappa shape index (κ3) is 11.6. The Kier molecular flexibility index (Phi) is 13.7. The molecule has 0 bridgehead atoms. The lowest BCUT2D eigenvalue weighted by atomic mass is 10.0. The molecule has 0 saturated carbocycles. The zero-order valence-electron chi connectivity index (χ0n) is 21.9. The molecule has 0 aliphatic carbocycles. The highest BCUT2D eigenvalue weighted by atomic mass is 35.5. The first kappa shape index (κ1) is 30.6. The van der Waals surface area contributed by atoms with E-state index in [2.05, 4.69) is 13.2 Å². The number of ketones is 1. The van der Waals surface area contributed by atoms with Crippen LogP contribution in [0.15, 0.2) is 73.3 Å². The third-order valence-corrected chi connectivity index (χ3v) is 5.87. The van der Waals surface area contributed by atoms with E-state index < -0.39 is 5.97 Å². The van der Waals surface area contributed by atoms with Gasteiger partial charge in [-0.05, 0) is 86.6 Å². The third-order valence-electron chi connectivity index (χ3n) is 5.52. The van der Waals surface area contributed by atoms with Crippen LogP contribution in [-0.2, 0) is 25.5 Å². The fraction of sp³-hybridized carbons (Fsp3) is 0.323. The van der Waals surface area contributed by atoms with Crippen LogP contribution in [0.2, 0.25) is 5.02 Å². The second kappa shape index (κ2) is 17.0. The zero-order chi connectivity index (χ0) is 27.8. The first-order valence-electron chi connectivity index (χ1n) is 12.6. The standard InChI is InChI=1S/C31H35ClO6/c1-4-19-37-30(34)18-10-24-9-11-25(28(32)22-24)14-17-29(33)26-12-15-27(16-13-26)36-20-7-5-6-8-21-38-31(35)23(2)3/h4,9-13,15-16,18,22H,1-2,5-8,14,17,19-21H2,3H3/b18-10+. The van der Waals surface area contributed by atoms with Gasteiger partial charge in [0.15, 0.2) is 5.78 Å². The Morgan fingerprint density at radius 1 is 0.947 bits per heavy atom. The molecule has 0 N–H and O–H groups in total. The average Bonchev–Trinajstić information content (AvgIpc) is 2.91. The molecule has 202 valence electrons. The van der Waals surface area contributed by atoms with Crippen molar-refractivity contribution >= 4 is 35.4 Å². The molecule has 0 saturated heterocycles. The van der Waals surface area contributed by atoms with Crippen LogP contribution in [-0.4, -0.2) is 37.5 Å². The number of benzene rings is 2. The minimum atomic E-state index is -0.456. The second-order valence-electron chi connectivity index (χ2n) is 8.73. The number of carbonyl (C=O) groups is 3. The van der Waals surface area contributed by atoms with Gasteiger partial charge in [-0.25, -0.2) is 9.59 Å². The lowest BCUT2D eigenvalue weighted by Gasteiger charge is -2.08. The largest absolute Gasteiger partial charge is 0.494 e. The van der Waals surface area contributed by atoms with Crippen molar-refractivity contribution in [1.29, 1.82) is 0 Å². The van der Waals surface area contributed by atoms with Crippen molar-refractivity contribution in [3.8, 4) is 5.75 Å². The number of halogens is 1. The van der Waals surface area contributed by atoms with E-state index in [0.29, 0.717) is 42.2 Å². The van der Waals surface area contributed by atoms with Gasteiger partial charge in [0.25, 0.3) is 0 Å². The van der Waals surface area contributed by atoms with E-state index in [1.165, 1.54) is 12.2 Å². The van der Waals surface area contributed by atoms with Gasteiger partial charge in [-0.15, -0.1) is 0 Å². The second-order valence-corrected chi connectivity index (χ2v) is 9.14. The Hall–Kier alpha value is -3.64. The molecule has 38 heavy (non-hydrogen) atoms. The van der Waals surface area contributed by atoms with Gasteiger partial charge >= 0.3 is 11.9 Å². The molecule has 0 aliphatic heterocycles. The van der Waals surface area contributed by atoms with Gasteiger partial charge in [-0.1, -0.05) is 43.0 Å². The number of Topliss-reactive ketones (excluding diaryl/α,β-unsaturated/α-hetero) is 1. The lowest BCUT2D eigenvalue weighted by Crippen LogP contribution is -2.06. The van der Waals surface area contributed by atoms with Crippen LogP contribution in [0.1, 0.15) is 60.5 Å². The zero-order valence-corrected chi connectivity index (χ0v) is 22.6. The van der Waals surface area contributed by atoms with Gasteiger partial charge in [-0.3, -0.25) is 4.79 Å². The summed E-state index contributed by atoms with van der Waals surface area (Å²) >= 11 is 6.38. The summed E-state index contributed by atoms with van der Waals surface area (Å²) in [4.78, 5) is 35.5. The maximum absolute atomic E-state index is 12.6. The molecule has 0 unspecified atom stereocenters. The first-order chi connectivity index (χ1) is 18.3. The number of hydrogen-bond acceptors (Lipinski definition) is 6. The number of ether oxygens (including phenoxy) is 3. The Labute approximate surface area is 229 Å². The van der Waals surface area contributed by atoms with Crippen molar-refractivity contribution in [1.82, 2.24) is 0 Å². The Bertz CT molecular complexity index is 1130. The van der Waals surface area contributed by atoms with Gasteiger partial charge < -0.3 is 14.2 Å². The van der Waals surface area contributed by atoms with Crippen molar-refractivity contribution in [2.75, 3.05) is 19.8 Å². The van der Waals surface area contributed by atoms with Crippen molar-refractivity contribution in [3.05, 3.63) is 95.1 Å². The number of unbranched alkanes of at least 4 members (excludes halogenated alkanes) is 3. The summed E-state index contributed by atoms with van der Waals surface area (Å²) < 4.78 is 15.7. The molecule has 0 aliphatic rings. The summed E-state index contributed by atoms with van der Waals surface area (Å²) in [6, 6.07) is 12.6. The topological polar surface area (TPSA) is 78.9 Å². The molecule has 6 nitrogen and oxygen atoms in total. The molecule has 0 amide bonds. The SMILES string of the molecule is C=CCOC(=O)/C=C/c1ccc(CCC(=O)c2ccc(OCCCCCCOC(=O)C(=C)C)cc2)c(Cl)c1. The Morgan fingerprint density at radius 3 is 2.32 bits per heavy atom. The van der Waals surface area contributed by atoms with Crippen LogP contribution < -0.4 is 4.74 Å². The van der Waals surface area contributed by atoms with E-state index >= 15 is 0 Å². The number of aryl methyl sites for hydroxylation is 1. The predicted octanol–water partition coefficient (Wildman–Crippen LogP) is 6.96. The monoisotopic (exact) mass is 538 g/mol. The summed E-state index contributed by atoms with van der Waals surface area (Å²) in [5.74, 6) is -0.0587. The highest BCUT2D eigenvalue weighted by molar-refractivity contribution is 6.31. The molecule has 7 heteroatoms. The number of esters is 2. The van der Waals surface area contributed by atoms with Crippen LogP contribution in [0.25, 0.3) is 6.08 Å². The molecule has 2 aromatic carbocycles. The molecular weight excluding hydrogens is 504 g/mol. The molecule has 2 aromatic rings. The summed E-state index contributed by atoms with van der Waals surface area (Å²) in [6.45, 7) is 9.83. The molecule has 0 fully saturated rings. The van der Waals surface area contributed by atoms with E-state index in [1.54, 1.807) is 43.3 Å². The highest BCUT2D eigenvalue weighted by Gasteiger charge is 2.09. The van der Waals surface area contributed by atoms with Crippen molar-refractivity contribution in [2.24, 2.45) is 0 Å². The van der Waals surface area contributed by atoms with Gasteiger partial charge in [0.1, 0.15) is 12.4 Å². The molecule has 0 aromatic heterocycles. The van der Waals surface area contributed by atoms with E-state index in [0.717, 1.165) is 42.6 Å². The summed E-state index contributed by atoms with van der Waals surface area (Å²) in [5.41, 5.74) is 2.66. The minimum Gasteiger partial charge on any atom is -0.494 e. The molecule has 0 radical (unpaired) electrons. The minimum absolute atomic E-state index is 0.0221. The maximum Gasteiger partial charge on any atom is 0.333 e. The smallest absolute Gasteiger partial charge is 0.333 e. The first-order valence-corrected chi connectivity index (χ1v) is 13.0. The van der Waals surface area contributed by atoms with E-state index in [1.807, 2.05) is 12.1 Å². The van der Waals surface area contributed by atoms with E-state index in [4.69, 9.17) is 25.8 Å². The van der Waals surface area contributed by atoms with Gasteiger partial charge in [0, 0.05) is 28.7 Å². The number of hydrogen-bond donors (Lipinski definition) is 0. The van der Waals surface area contributed by atoms with Crippen LogP contribution in [0.3, 0.4) is 0 Å². The fourth-order valence-corrected chi connectivity index (χ4v) is 3.67. The average molecular weight is 539 g/mol. The van der Waals surface area contributed by atoms with Crippen molar-refractivity contribution in [2.45, 2.75) is 45.4 Å². The quantitative estimate of drug-likeness (QED) is 0.0712. The van der Waals surface area contributed by atoms with Crippen LogP contribution >= 0.6 is 11.6 Å². The van der Waals surface area contributed by atoms with Crippen LogP contribution in [0, 0.1) is 0 Å². The normalized spacial score (nSPS) is 10.7. The number of carbonyl (C=O) groups excluding carboxylic acids is 3.